The van der Waals surface area contributed by atoms with Crippen LogP contribution >= 0.6 is 7.82 Å². The number of phosphoric acid groups is 1. The lowest BCUT2D eigenvalue weighted by molar-refractivity contribution is -0.160. The van der Waals surface area contributed by atoms with Crippen LogP contribution in [0.25, 0.3) is 0 Å². The predicted octanol–water partition coefficient (Wildman–Crippen LogP) is 15.9. The van der Waals surface area contributed by atoms with Gasteiger partial charge in [0.1, 0.15) is 12.7 Å². The Morgan fingerprint density at radius 2 is 0.829 bits per heavy atom. The number of aliphatic hydroxyl groups excluding tert-OH is 1. The van der Waals surface area contributed by atoms with Crippen LogP contribution in [0.2, 0.25) is 0 Å². The lowest BCUT2D eigenvalue weighted by Gasteiger charge is -2.21. The van der Waals surface area contributed by atoms with E-state index in [9.17, 15) is 28.9 Å². The van der Waals surface area contributed by atoms with Crippen LogP contribution in [0.1, 0.15) is 226 Å². The Balaban J connectivity index is 4.85. The molecule has 0 aromatic heterocycles. The number of esters is 3. The maximum absolute atomic E-state index is 12.9. The van der Waals surface area contributed by atoms with Gasteiger partial charge in [0.05, 0.1) is 26.2 Å². The molecular weight excluding hydrogens is 904 g/mol. The Morgan fingerprint density at radius 1 is 0.429 bits per heavy atom. The normalized spacial score (nSPS) is 14.1. The zero-order valence-corrected chi connectivity index (χ0v) is 45.1. The number of unbranched alkanes of at least 4 members (excludes halogenated alkanes) is 20. The number of carbonyl (C=O) groups excluding carboxylic acids is 3. The van der Waals surface area contributed by atoms with Crippen LogP contribution in [0.15, 0.2) is 85.1 Å². The number of allylic oxidation sites excluding steroid dienone is 13. The minimum atomic E-state index is -4.77. The maximum atomic E-state index is 12.9. The van der Waals surface area contributed by atoms with Gasteiger partial charge in [0.15, 0.2) is 6.10 Å². The van der Waals surface area contributed by atoms with Gasteiger partial charge in [-0.15, -0.1) is 0 Å². The molecule has 0 rings (SSSR count). The molecule has 0 saturated heterocycles. The topological polar surface area (TPSA) is 155 Å². The SMILES string of the molecule is CC/C=C\C/C=C\C/C=C\C/C=C\C/C=C\CC(=O)OC(COC(=O)CCCCCCCCCCCCCCCCC)COP(=O)(O)OCC(CO)OC(=O)CCCCCCC/C=C\C/C=C\CCC. The molecule has 0 aromatic carbocycles. The minimum absolute atomic E-state index is 0.0665. The van der Waals surface area contributed by atoms with E-state index in [1.807, 2.05) is 18.2 Å². The molecule has 0 aliphatic rings. The van der Waals surface area contributed by atoms with Crippen molar-refractivity contribution in [2.24, 2.45) is 0 Å². The van der Waals surface area contributed by atoms with E-state index < -0.39 is 57.8 Å². The van der Waals surface area contributed by atoms with Gasteiger partial charge in [0.2, 0.25) is 0 Å². The van der Waals surface area contributed by atoms with Crippen molar-refractivity contribution in [3.8, 4) is 0 Å². The van der Waals surface area contributed by atoms with E-state index in [1.165, 1.54) is 70.6 Å². The van der Waals surface area contributed by atoms with E-state index in [0.717, 1.165) is 96.3 Å². The maximum Gasteiger partial charge on any atom is 0.472 e. The van der Waals surface area contributed by atoms with E-state index >= 15 is 0 Å². The van der Waals surface area contributed by atoms with Crippen molar-refractivity contribution in [1.82, 2.24) is 0 Å². The first-order valence-electron chi connectivity index (χ1n) is 27.5. The standard InChI is InChI=1S/C58H99O11P/c1-4-7-10-13-16-19-22-25-27-30-32-35-38-41-44-47-56(60)65-51-55(69-58(62)49-46-43-40-37-34-31-28-26-23-20-17-14-11-8-5-2)53-67-70(63,64)66-52-54(50-59)68-57(61)48-45-42-39-36-33-29-24-21-18-15-12-9-6-3/h8,11-12,15,17,20-21,24,26,28,34,37,43,46,54-55,59H,4-7,9-10,13-14,16,18-19,22-23,25,27,29-33,35-36,38-42,44-45,47-53H2,1-3H3,(H,63,64)/b11-8-,15-12-,20-17-,24-21-,28-26-,37-34-,46-43-. The second-order valence-electron chi connectivity index (χ2n) is 18.0. The van der Waals surface area contributed by atoms with Crippen molar-refractivity contribution in [2.45, 2.75) is 238 Å². The van der Waals surface area contributed by atoms with Gasteiger partial charge < -0.3 is 24.2 Å². The first-order valence-corrected chi connectivity index (χ1v) is 29.0. The molecule has 11 nitrogen and oxygen atoms in total. The molecule has 3 unspecified atom stereocenters. The number of phosphoric ester groups is 1. The van der Waals surface area contributed by atoms with Crippen LogP contribution in [-0.4, -0.2) is 66.5 Å². The molecule has 70 heavy (non-hydrogen) atoms. The highest BCUT2D eigenvalue weighted by Crippen LogP contribution is 2.43. The van der Waals surface area contributed by atoms with Gasteiger partial charge in [-0.3, -0.25) is 23.4 Å². The fourth-order valence-corrected chi connectivity index (χ4v) is 7.96. The summed E-state index contributed by atoms with van der Waals surface area (Å²) in [6.45, 7) is 4.34. The fraction of sp³-hybridized carbons (Fsp3) is 0.707. The molecule has 0 aliphatic heterocycles. The average Bonchev–Trinajstić information content (AvgIpc) is 3.35. The zero-order valence-electron chi connectivity index (χ0n) is 44.2. The van der Waals surface area contributed by atoms with Crippen LogP contribution in [0.4, 0.5) is 0 Å². The molecule has 0 aromatic rings. The summed E-state index contributed by atoms with van der Waals surface area (Å²) in [7, 11) is -4.77. The number of rotatable bonds is 50. The van der Waals surface area contributed by atoms with E-state index in [4.69, 9.17) is 23.3 Å². The predicted molar refractivity (Wildman–Crippen MR) is 288 cm³/mol. The highest BCUT2D eigenvalue weighted by Gasteiger charge is 2.28. The third kappa shape index (κ3) is 49.6. The van der Waals surface area contributed by atoms with Crippen LogP contribution in [0, 0.1) is 0 Å². The molecule has 0 fully saturated rings. The number of ether oxygens (including phenoxy) is 3. The van der Waals surface area contributed by atoms with Crippen molar-refractivity contribution in [2.75, 3.05) is 26.4 Å². The lowest BCUT2D eigenvalue weighted by Crippen LogP contribution is -2.30. The number of carbonyl (C=O) groups is 3. The third-order valence-corrected chi connectivity index (χ3v) is 12.3. The van der Waals surface area contributed by atoms with Gasteiger partial charge in [0.25, 0.3) is 0 Å². The smallest absolute Gasteiger partial charge is 0.462 e. The molecule has 3 atom stereocenters. The molecule has 0 aliphatic carbocycles. The zero-order chi connectivity index (χ0) is 51.3. The number of hydrogen-bond donors (Lipinski definition) is 2. The second-order valence-corrected chi connectivity index (χ2v) is 19.5. The summed E-state index contributed by atoms with van der Waals surface area (Å²) in [5.74, 6) is -1.63. The van der Waals surface area contributed by atoms with Gasteiger partial charge in [-0.2, -0.15) is 0 Å². The molecule has 402 valence electrons. The van der Waals surface area contributed by atoms with Crippen LogP contribution < -0.4 is 0 Å². The second kappa shape index (κ2) is 52.0. The Bertz CT molecular complexity index is 1500. The fourth-order valence-electron chi connectivity index (χ4n) is 7.18. The van der Waals surface area contributed by atoms with Crippen LogP contribution in [-0.2, 0) is 42.2 Å². The van der Waals surface area contributed by atoms with Gasteiger partial charge in [-0.25, -0.2) is 4.57 Å². The Kier molecular flexibility index (Phi) is 49.5. The summed E-state index contributed by atoms with van der Waals surface area (Å²) in [5, 5.41) is 9.78. The molecule has 0 radical (unpaired) electrons. The largest absolute Gasteiger partial charge is 0.472 e. The Hall–Kier alpha value is -3.34. The summed E-state index contributed by atoms with van der Waals surface area (Å²) in [6.07, 6.45) is 58.6. The van der Waals surface area contributed by atoms with E-state index in [1.54, 1.807) is 6.08 Å². The highest BCUT2D eigenvalue weighted by atomic mass is 31.2. The van der Waals surface area contributed by atoms with Crippen molar-refractivity contribution in [3.63, 3.8) is 0 Å². The molecule has 0 amide bonds. The number of aliphatic hydroxyl groups is 1. The first kappa shape index (κ1) is 66.7. The summed E-state index contributed by atoms with van der Waals surface area (Å²) in [5.41, 5.74) is 0. The first-order chi connectivity index (χ1) is 34.2. The van der Waals surface area contributed by atoms with Crippen molar-refractivity contribution >= 4 is 25.7 Å². The molecule has 0 bridgehead atoms. The monoisotopic (exact) mass is 1000 g/mol. The van der Waals surface area contributed by atoms with Crippen LogP contribution in [0.3, 0.4) is 0 Å². The molecule has 0 spiro atoms. The summed E-state index contributed by atoms with van der Waals surface area (Å²) < 4.78 is 39.3. The van der Waals surface area contributed by atoms with Crippen molar-refractivity contribution in [3.05, 3.63) is 85.1 Å². The van der Waals surface area contributed by atoms with Crippen molar-refractivity contribution in [1.29, 1.82) is 0 Å². The minimum Gasteiger partial charge on any atom is -0.462 e. The summed E-state index contributed by atoms with van der Waals surface area (Å²) in [6, 6.07) is 0. The molecule has 0 saturated carbocycles. The third-order valence-electron chi connectivity index (χ3n) is 11.3. The van der Waals surface area contributed by atoms with Crippen LogP contribution in [0.5, 0.6) is 0 Å². The molecule has 0 heterocycles. The summed E-state index contributed by atoms with van der Waals surface area (Å²) >= 11 is 0. The Labute approximate surface area is 426 Å². The molecule has 12 heteroatoms. The lowest BCUT2D eigenvalue weighted by atomic mass is 10.0. The van der Waals surface area contributed by atoms with Crippen molar-refractivity contribution < 1.29 is 52.2 Å². The average molecular weight is 1000 g/mol. The van der Waals surface area contributed by atoms with Gasteiger partial charge >= 0.3 is 25.7 Å². The summed E-state index contributed by atoms with van der Waals surface area (Å²) in [4.78, 5) is 48.3. The van der Waals surface area contributed by atoms with E-state index in [2.05, 4.69) is 81.5 Å². The van der Waals surface area contributed by atoms with E-state index in [0.29, 0.717) is 19.3 Å². The molecule has 2 N–H and O–H groups in total. The number of hydrogen-bond acceptors (Lipinski definition) is 10. The van der Waals surface area contributed by atoms with Gasteiger partial charge in [0, 0.05) is 12.8 Å². The van der Waals surface area contributed by atoms with E-state index in [-0.39, 0.29) is 25.9 Å². The highest BCUT2D eigenvalue weighted by molar-refractivity contribution is 7.47. The Morgan fingerprint density at radius 3 is 1.31 bits per heavy atom. The molecular formula is C58H99O11P. The quantitative estimate of drug-likeness (QED) is 0.0197. The van der Waals surface area contributed by atoms with Gasteiger partial charge in [-0.1, -0.05) is 221 Å². The van der Waals surface area contributed by atoms with Gasteiger partial charge in [-0.05, 0) is 70.6 Å².